The van der Waals surface area contributed by atoms with Crippen molar-refractivity contribution < 1.29 is 14.7 Å². The third-order valence-corrected chi connectivity index (χ3v) is 3.37. The summed E-state index contributed by atoms with van der Waals surface area (Å²) in [6.45, 7) is 0. The van der Waals surface area contributed by atoms with Crippen molar-refractivity contribution in [2.45, 2.75) is 6.42 Å². The minimum Gasteiger partial charge on any atom is -0.478 e. The first-order valence-corrected chi connectivity index (χ1v) is 7.23. The number of carboxylic acid groups (broad SMARTS) is 1. The molecule has 0 saturated heterocycles. The summed E-state index contributed by atoms with van der Waals surface area (Å²) in [5.41, 5.74) is 4.23. The fourth-order valence-electron chi connectivity index (χ4n) is 1.72. The van der Waals surface area contributed by atoms with E-state index in [1.165, 1.54) is 18.3 Å². The van der Waals surface area contributed by atoms with Gasteiger partial charge in [-0.05, 0) is 35.4 Å². The number of hydrogen-bond donors (Lipinski definition) is 2. The summed E-state index contributed by atoms with van der Waals surface area (Å²) in [5, 5.41) is 12.6. The smallest absolute Gasteiger partial charge is 0.335 e. The molecule has 0 aliphatic rings. The van der Waals surface area contributed by atoms with Crippen LogP contribution >= 0.6 is 15.9 Å². The molecule has 0 heterocycles. The zero-order valence-corrected chi connectivity index (χ0v) is 13.1. The Labute approximate surface area is 135 Å². The van der Waals surface area contributed by atoms with Crippen molar-refractivity contribution in [3.63, 3.8) is 0 Å². The Hall–Kier alpha value is -2.47. The van der Waals surface area contributed by atoms with Gasteiger partial charge in [0.05, 0.1) is 18.2 Å². The number of carboxylic acids is 1. The van der Waals surface area contributed by atoms with Gasteiger partial charge in [0.1, 0.15) is 0 Å². The number of nitrogens with zero attached hydrogens (tertiary/aromatic N) is 1. The summed E-state index contributed by atoms with van der Waals surface area (Å²) in [6, 6.07) is 13.7. The highest BCUT2D eigenvalue weighted by molar-refractivity contribution is 9.10. The molecule has 0 atom stereocenters. The minimum atomic E-state index is -0.980. The van der Waals surface area contributed by atoms with Crippen LogP contribution in [0.5, 0.6) is 0 Å². The van der Waals surface area contributed by atoms with E-state index in [1.807, 2.05) is 24.3 Å². The molecule has 0 bridgehead atoms. The van der Waals surface area contributed by atoms with Crippen molar-refractivity contribution >= 4 is 34.0 Å². The van der Waals surface area contributed by atoms with Crippen LogP contribution in [0.2, 0.25) is 0 Å². The first-order chi connectivity index (χ1) is 10.5. The Morgan fingerprint density at radius 1 is 1.09 bits per heavy atom. The highest BCUT2D eigenvalue weighted by atomic mass is 79.9. The number of rotatable bonds is 5. The average Bonchev–Trinajstić information content (AvgIpc) is 2.50. The van der Waals surface area contributed by atoms with Crippen LogP contribution in [0.4, 0.5) is 0 Å². The van der Waals surface area contributed by atoms with E-state index in [-0.39, 0.29) is 17.9 Å². The maximum Gasteiger partial charge on any atom is 0.335 e. The molecule has 2 aromatic rings. The number of halogens is 1. The van der Waals surface area contributed by atoms with Crippen LogP contribution in [0.15, 0.2) is 58.1 Å². The van der Waals surface area contributed by atoms with Crippen LogP contribution in [0.3, 0.4) is 0 Å². The van der Waals surface area contributed by atoms with Crippen LogP contribution in [-0.4, -0.2) is 23.2 Å². The van der Waals surface area contributed by atoms with Gasteiger partial charge < -0.3 is 5.11 Å². The van der Waals surface area contributed by atoms with E-state index in [0.717, 1.165) is 10.0 Å². The molecular formula is C16H13BrN2O3. The molecule has 0 aliphatic carbocycles. The predicted molar refractivity (Wildman–Crippen MR) is 87.0 cm³/mol. The maximum absolute atomic E-state index is 11.7. The van der Waals surface area contributed by atoms with E-state index in [2.05, 4.69) is 26.5 Å². The fraction of sp³-hybridized carbons (Fsp3) is 0.0625. The molecule has 0 fully saturated rings. The van der Waals surface area contributed by atoms with Gasteiger partial charge in [0.25, 0.3) is 0 Å². The van der Waals surface area contributed by atoms with E-state index in [9.17, 15) is 9.59 Å². The Balaban J connectivity index is 1.87. The first kappa shape index (κ1) is 15.9. The van der Waals surface area contributed by atoms with Crippen LogP contribution in [0, 0.1) is 0 Å². The molecule has 0 radical (unpaired) electrons. The lowest BCUT2D eigenvalue weighted by atomic mass is 10.1. The molecule has 2 rings (SSSR count). The van der Waals surface area contributed by atoms with Crippen LogP contribution in [0.25, 0.3) is 0 Å². The number of amides is 1. The van der Waals surface area contributed by atoms with Gasteiger partial charge >= 0.3 is 5.97 Å². The SMILES string of the molecule is O=C(Cc1ccc(Br)cc1)NN=Cc1ccc(C(=O)O)cc1. The predicted octanol–water partition coefficient (Wildman–Crippen LogP) is 2.84. The Morgan fingerprint density at radius 2 is 1.73 bits per heavy atom. The summed E-state index contributed by atoms with van der Waals surface area (Å²) >= 11 is 3.33. The van der Waals surface area contributed by atoms with Crippen molar-refractivity contribution in [1.29, 1.82) is 0 Å². The summed E-state index contributed by atoms with van der Waals surface area (Å²) in [6.07, 6.45) is 1.70. The van der Waals surface area contributed by atoms with Gasteiger partial charge in [0.2, 0.25) is 5.91 Å². The molecule has 0 unspecified atom stereocenters. The Kier molecular flexibility index (Phi) is 5.43. The molecule has 5 nitrogen and oxygen atoms in total. The van der Waals surface area contributed by atoms with E-state index in [4.69, 9.17) is 5.11 Å². The van der Waals surface area contributed by atoms with E-state index in [0.29, 0.717) is 5.56 Å². The molecule has 6 heteroatoms. The molecular weight excluding hydrogens is 348 g/mol. The zero-order valence-electron chi connectivity index (χ0n) is 11.5. The summed E-state index contributed by atoms with van der Waals surface area (Å²) in [7, 11) is 0. The van der Waals surface area contributed by atoms with Gasteiger partial charge in [-0.2, -0.15) is 5.10 Å². The van der Waals surface area contributed by atoms with Crippen molar-refractivity contribution in [1.82, 2.24) is 5.43 Å². The lowest BCUT2D eigenvalue weighted by Gasteiger charge is -2.01. The maximum atomic E-state index is 11.7. The standard InChI is InChI=1S/C16H13BrN2O3/c17-14-7-3-11(4-8-14)9-15(20)19-18-10-12-1-5-13(6-2-12)16(21)22/h1-8,10H,9H2,(H,19,20)(H,21,22). The van der Waals surface area contributed by atoms with Gasteiger partial charge in [0.15, 0.2) is 0 Å². The fourth-order valence-corrected chi connectivity index (χ4v) is 1.98. The van der Waals surface area contributed by atoms with E-state index < -0.39 is 5.97 Å². The van der Waals surface area contributed by atoms with Crippen LogP contribution < -0.4 is 5.43 Å². The van der Waals surface area contributed by atoms with Gasteiger partial charge in [0, 0.05) is 4.47 Å². The minimum absolute atomic E-state index is 0.205. The third kappa shape index (κ3) is 4.82. The third-order valence-electron chi connectivity index (χ3n) is 2.84. The molecule has 0 aliphatic heterocycles. The average molecular weight is 361 g/mol. The largest absolute Gasteiger partial charge is 0.478 e. The van der Waals surface area contributed by atoms with Crippen molar-refractivity contribution in [2.24, 2.45) is 5.10 Å². The zero-order chi connectivity index (χ0) is 15.9. The molecule has 2 N–H and O–H groups in total. The quantitative estimate of drug-likeness (QED) is 0.635. The summed E-state index contributed by atoms with van der Waals surface area (Å²) in [5.74, 6) is -1.20. The second kappa shape index (κ2) is 7.51. The molecule has 1 amide bonds. The molecule has 2 aromatic carbocycles. The normalized spacial score (nSPS) is 10.6. The molecule has 0 spiro atoms. The van der Waals surface area contributed by atoms with Crippen molar-refractivity contribution in [3.8, 4) is 0 Å². The van der Waals surface area contributed by atoms with E-state index in [1.54, 1.807) is 12.1 Å². The number of carbonyl (C=O) groups excluding carboxylic acids is 1. The van der Waals surface area contributed by atoms with Crippen molar-refractivity contribution in [2.75, 3.05) is 0 Å². The number of aromatic carboxylic acids is 1. The van der Waals surface area contributed by atoms with Crippen LogP contribution in [0.1, 0.15) is 21.5 Å². The second-order valence-electron chi connectivity index (χ2n) is 4.52. The molecule has 0 saturated carbocycles. The first-order valence-electron chi connectivity index (χ1n) is 6.44. The Bertz CT molecular complexity index is 694. The van der Waals surface area contributed by atoms with Crippen molar-refractivity contribution in [3.05, 3.63) is 69.7 Å². The van der Waals surface area contributed by atoms with Crippen LogP contribution in [-0.2, 0) is 11.2 Å². The monoisotopic (exact) mass is 360 g/mol. The second-order valence-corrected chi connectivity index (χ2v) is 5.44. The highest BCUT2D eigenvalue weighted by Crippen LogP contribution is 2.10. The number of nitrogens with one attached hydrogen (secondary N) is 1. The number of benzene rings is 2. The van der Waals surface area contributed by atoms with Gasteiger partial charge in [-0.25, -0.2) is 10.2 Å². The Morgan fingerprint density at radius 3 is 2.32 bits per heavy atom. The molecule has 0 aromatic heterocycles. The number of hydrogen-bond acceptors (Lipinski definition) is 3. The summed E-state index contributed by atoms with van der Waals surface area (Å²) in [4.78, 5) is 22.4. The number of carbonyl (C=O) groups is 2. The topological polar surface area (TPSA) is 78.8 Å². The van der Waals surface area contributed by atoms with E-state index >= 15 is 0 Å². The van der Waals surface area contributed by atoms with Gasteiger partial charge in [-0.3, -0.25) is 4.79 Å². The lowest BCUT2D eigenvalue weighted by molar-refractivity contribution is -0.120. The lowest BCUT2D eigenvalue weighted by Crippen LogP contribution is -2.19. The molecule has 112 valence electrons. The number of hydrazone groups is 1. The highest BCUT2D eigenvalue weighted by Gasteiger charge is 2.02. The van der Waals surface area contributed by atoms with Gasteiger partial charge in [-0.15, -0.1) is 0 Å². The van der Waals surface area contributed by atoms with Gasteiger partial charge in [-0.1, -0.05) is 40.2 Å². The molecule has 22 heavy (non-hydrogen) atoms. The summed E-state index contributed by atoms with van der Waals surface area (Å²) < 4.78 is 0.958.